The van der Waals surface area contributed by atoms with E-state index in [0.29, 0.717) is 6.42 Å². The second kappa shape index (κ2) is 7.00. The van der Waals surface area contributed by atoms with E-state index in [0.717, 1.165) is 17.4 Å². The number of carbonyl (C=O) groups excluding carboxylic acids is 1. The average Bonchev–Trinajstić information content (AvgIpc) is 2.21. The molecule has 1 amide bonds. The van der Waals surface area contributed by atoms with Gasteiger partial charge in [-0.3, -0.25) is 19.7 Å². The Kier molecular flexibility index (Phi) is 6.05. The third-order valence-electron chi connectivity index (χ3n) is 1.85. The molecule has 0 saturated heterocycles. The minimum atomic E-state index is -0.833. The molecular weight excluding hydrogens is 240 g/mol. The number of carbonyl (C=O) groups is 2. The Morgan fingerprint density at radius 1 is 1.44 bits per heavy atom. The number of nitro benzene ring substituents is 1. The van der Waals surface area contributed by atoms with E-state index in [4.69, 9.17) is 9.90 Å². The highest BCUT2D eigenvalue weighted by molar-refractivity contribution is 5.73. The van der Waals surface area contributed by atoms with E-state index >= 15 is 0 Å². The normalized spacial score (nSPS) is 9.00. The van der Waals surface area contributed by atoms with Crippen molar-refractivity contribution in [3.63, 3.8) is 0 Å². The van der Waals surface area contributed by atoms with E-state index in [1.165, 1.54) is 0 Å². The maximum absolute atomic E-state index is 10.0. The van der Waals surface area contributed by atoms with Crippen molar-refractivity contribution in [2.45, 2.75) is 20.3 Å². The molecule has 0 atom stereocenters. The maximum atomic E-state index is 10.0. The van der Waals surface area contributed by atoms with E-state index < -0.39 is 5.97 Å². The summed E-state index contributed by atoms with van der Waals surface area (Å²) < 4.78 is 0. The van der Waals surface area contributed by atoms with Crippen molar-refractivity contribution in [1.29, 1.82) is 0 Å². The van der Waals surface area contributed by atoms with Crippen LogP contribution in [0.2, 0.25) is 0 Å². The molecule has 0 fully saturated rings. The number of amides is 1. The van der Waals surface area contributed by atoms with Crippen LogP contribution < -0.4 is 5.73 Å². The highest BCUT2D eigenvalue weighted by Gasteiger charge is 2.14. The fraction of sp³-hybridized carbons (Fsp3) is 0.273. The fourth-order valence-corrected chi connectivity index (χ4v) is 0.920. The quantitative estimate of drug-likeness (QED) is 0.614. The molecule has 7 nitrogen and oxygen atoms in total. The van der Waals surface area contributed by atoms with Crippen molar-refractivity contribution in [3.05, 3.63) is 38.8 Å². The van der Waals surface area contributed by atoms with Gasteiger partial charge in [0.25, 0.3) is 11.7 Å². The lowest BCUT2D eigenvalue weighted by molar-refractivity contribution is -0.386. The number of aliphatic carboxylic acids is 1. The van der Waals surface area contributed by atoms with Gasteiger partial charge in [0.1, 0.15) is 0 Å². The minimum Gasteiger partial charge on any atom is -0.481 e. The summed E-state index contributed by atoms with van der Waals surface area (Å²) in [4.78, 5) is 28.3. The summed E-state index contributed by atoms with van der Waals surface area (Å²) in [6.45, 7) is 2.81. The molecule has 0 heterocycles. The van der Waals surface area contributed by atoms with Gasteiger partial charge in [-0.25, -0.2) is 0 Å². The van der Waals surface area contributed by atoms with Crippen LogP contribution in [-0.2, 0) is 9.59 Å². The summed E-state index contributed by atoms with van der Waals surface area (Å²) in [7, 11) is 0. The van der Waals surface area contributed by atoms with E-state index in [9.17, 15) is 14.9 Å². The summed E-state index contributed by atoms with van der Waals surface area (Å²) in [6, 6.07) is 5.20. The zero-order valence-electron chi connectivity index (χ0n) is 10.0. The van der Waals surface area contributed by atoms with Crippen molar-refractivity contribution in [2.75, 3.05) is 0 Å². The molecule has 98 valence electrons. The number of primary amides is 1. The first-order valence-electron chi connectivity index (χ1n) is 5.06. The summed E-state index contributed by atoms with van der Waals surface area (Å²) >= 11 is 0. The van der Waals surface area contributed by atoms with E-state index in [2.05, 4.69) is 5.73 Å². The summed E-state index contributed by atoms with van der Waals surface area (Å²) in [5.74, 6) is -1.08. The Bertz CT molecular complexity index is 549. The number of nitro groups is 1. The van der Waals surface area contributed by atoms with Crippen LogP contribution in [0.15, 0.2) is 18.2 Å². The zero-order chi connectivity index (χ0) is 14.3. The zero-order valence-corrected chi connectivity index (χ0v) is 10.0. The van der Waals surface area contributed by atoms with Gasteiger partial charge in [-0.2, -0.15) is 0 Å². The van der Waals surface area contributed by atoms with E-state index in [-0.39, 0.29) is 16.5 Å². The Hall–Kier alpha value is -2.44. The van der Waals surface area contributed by atoms with Crippen LogP contribution in [0.5, 0.6) is 0 Å². The van der Waals surface area contributed by atoms with Crippen LogP contribution in [0, 0.1) is 20.6 Å². The molecule has 2 aliphatic carbocycles. The van der Waals surface area contributed by atoms with Crippen molar-refractivity contribution in [2.24, 2.45) is 5.73 Å². The van der Waals surface area contributed by atoms with Crippen molar-refractivity contribution in [1.82, 2.24) is 0 Å². The molecule has 0 aromatic rings. The number of carboxylic acid groups (broad SMARTS) is 1. The summed E-state index contributed by atoms with van der Waals surface area (Å²) in [5, 5.41) is 19.3. The van der Waals surface area contributed by atoms with Gasteiger partial charge in [0, 0.05) is 19.4 Å². The second-order valence-electron chi connectivity index (χ2n) is 3.33. The standard InChI is InChI=1S/C6H3NO2.C3H7NO.C2H4O2/c8-7(9)6-3-4-1-2-5(4)6;1-2-3(4)5;1-2(3)4/h1-3H;2H2,1H3,(H2,4,5);1H3,(H,3,4). The minimum absolute atomic E-state index is 0.245. The van der Waals surface area contributed by atoms with E-state index in [1.807, 2.05) is 6.07 Å². The number of carboxylic acids is 1. The largest absolute Gasteiger partial charge is 0.481 e. The van der Waals surface area contributed by atoms with Crippen molar-refractivity contribution >= 4 is 17.6 Å². The van der Waals surface area contributed by atoms with Crippen LogP contribution in [0.25, 0.3) is 0 Å². The van der Waals surface area contributed by atoms with Gasteiger partial charge in [0.05, 0.1) is 10.1 Å². The lowest BCUT2D eigenvalue weighted by Crippen LogP contribution is -2.06. The van der Waals surface area contributed by atoms with Crippen LogP contribution in [0.3, 0.4) is 0 Å². The SMILES string of the molecule is CC(=O)O.CCC(N)=O.O=[N+]([O-])c1cc2ccc1=2. The maximum Gasteiger partial charge on any atom is 0.300 e. The van der Waals surface area contributed by atoms with Gasteiger partial charge in [-0.15, -0.1) is 0 Å². The smallest absolute Gasteiger partial charge is 0.300 e. The number of nitrogens with two attached hydrogens (primary N) is 1. The van der Waals surface area contributed by atoms with Crippen LogP contribution in [0.1, 0.15) is 20.3 Å². The lowest BCUT2D eigenvalue weighted by atomic mass is 10.1. The summed E-state index contributed by atoms with van der Waals surface area (Å²) in [6.07, 6.45) is 0.444. The average molecular weight is 254 g/mol. The van der Waals surface area contributed by atoms with Crippen LogP contribution in [-0.4, -0.2) is 21.9 Å². The summed E-state index contributed by atoms with van der Waals surface area (Å²) in [5.41, 5.74) is 4.91. The van der Waals surface area contributed by atoms with Gasteiger partial charge in [-0.1, -0.05) is 13.0 Å². The molecule has 0 spiro atoms. The van der Waals surface area contributed by atoms with Gasteiger partial charge < -0.3 is 10.8 Å². The van der Waals surface area contributed by atoms with Gasteiger partial charge in [0.15, 0.2) is 0 Å². The molecule has 18 heavy (non-hydrogen) atoms. The van der Waals surface area contributed by atoms with Crippen molar-refractivity contribution < 1.29 is 19.6 Å². The Morgan fingerprint density at radius 2 is 1.89 bits per heavy atom. The van der Waals surface area contributed by atoms with Crippen LogP contribution in [0.4, 0.5) is 5.69 Å². The van der Waals surface area contributed by atoms with E-state index in [1.54, 1.807) is 19.1 Å². The molecule has 2 rings (SSSR count). The second-order valence-corrected chi connectivity index (χ2v) is 3.33. The number of nitrogens with zero attached hydrogens (tertiary/aromatic N) is 1. The van der Waals surface area contributed by atoms with Gasteiger partial charge in [0.2, 0.25) is 5.91 Å². The lowest BCUT2D eigenvalue weighted by Gasteiger charge is -2.01. The molecule has 7 heteroatoms. The third kappa shape index (κ3) is 5.06. The molecule has 0 aliphatic heterocycles. The van der Waals surface area contributed by atoms with Crippen molar-refractivity contribution in [3.8, 4) is 0 Å². The van der Waals surface area contributed by atoms with Crippen LogP contribution >= 0.6 is 0 Å². The molecular formula is C11H14N2O5. The Labute approximate surface area is 103 Å². The molecule has 3 N–H and O–H groups in total. The molecule has 0 aromatic heterocycles. The number of hydrogen-bond acceptors (Lipinski definition) is 4. The Balaban J connectivity index is 0.000000278. The Morgan fingerprint density at radius 3 is 1.94 bits per heavy atom. The number of rotatable bonds is 2. The molecule has 2 aliphatic rings. The fourth-order valence-electron chi connectivity index (χ4n) is 0.920. The number of non-ortho nitro benzene ring substituents is 1. The van der Waals surface area contributed by atoms with Gasteiger partial charge >= 0.3 is 0 Å². The first-order valence-corrected chi connectivity index (χ1v) is 5.06. The topological polar surface area (TPSA) is 124 Å². The first kappa shape index (κ1) is 15.6. The predicted octanol–water partition coefficient (Wildman–Crippen LogP) is 1.17. The molecule has 0 radical (unpaired) electrons. The molecule has 0 bridgehead atoms. The number of hydrogen-bond donors (Lipinski definition) is 2. The molecule has 0 saturated carbocycles. The predicted molar refractivity (Wildman–Crippen MR) is 63.6 cm³/mol. The highest BCUT2D eigenvalue weighted by Crippen LogP contribution is 2.22. The monoisotopic (exact) mass is 254 g/mol. The highest BCUT2D eigenvalue weighted by atomic mass is 16.6. The number of benzene rings is 1. The molecule has 0 unspecified atom stereocenters. The van der Waals surface area contributed by atoms with Gasteiger partial charge in [-0.05, 0) is 11.3 Å². The first-order chi connectivity index (χ1) is 8.29. The molecule has 0 aromatic carbocycles. The third-order valence-corrected chi connectivity index (χ3v) is 1.85.